The molecule has 1 N–H and O–H groups in total. The molecule has 0 spiro atoms. The van der Waals surface area contributed by atoms with E-state index in [1.165, 1.54) is 38.5 Å². The van der Waals surface area contributed by atoms with Gasteiger partial charge in [-0.1, -0.05) is 38.5 Å². The molecule has 1 rings (SSSR count). The Balaban J connectivity index is 0.000000187. The maximum absolute atomic E-state index is 7.21. The first-order valence-electron chi connectivity index (χ1n) is 3.52. The van der Waals surface area contributed by atoms with E-state index in [-0.39, 0.29) is 0 Å². The van der Waals surface area contributed by atoms with Gasteiger partial charge in [0.2, 0.25) is 0 Å². The van der Waals surface area contributed by atoms with Gasteiger partial charge in [-0.25, -0.2) is 0 Å². The lowest BCUT2D eigenvalue weighted by Gasteiger charge is -2.05. The van der Waals surface area contributed by atoms with E-state index >= 15 is 0 Å². The van der Waals surface area contributed by atoms with Gasteiger partial charge in [-0.15, -0.1) is 0 Å². The molecule has 0 aromatic rings. The summed E-state index contributed by atoms with van der Waals surface area (Å²) in [5, 5.41) is 7.21. The van der Waals surface area contributed by atoms with Crippen LogP contribution in [0.3, 0.4) is 0 Å². The summed E-state index contributed by atoms with van der Waals surface area (Å²) in [5.74, 6) is 0. The van der Waals surface area contributed by atoms with E-state index in [1.54, 1.807) is 0 Å². The molecular weight excluding hydrogens is 130 g/mol. The van der Waals surface area contributed by atoms with Gasteiger partial charge in [0.15, 0.2) is 0 Å². The second kappa shape index (κ2) is 7.82. The van der Waals surface area contributed by atoms with Crippen LogP contribution in [0.15, 0.2) is 4.80 Å². The van der Waals surface area contributed by atoms with Crippen molar-refractivity contribution in [2.24, 2.45) is 4.80 Å². The number of hydrogen-bond acceptors (Lipinski definition) is 2. The first-order chi connectivity index (χ1) is 4.41. The van der Waals surface area contributed by atoms with Gasteiger partial charge in [0.05, 0.1) is 0 Å². The zero-order valence-corrected chi connectivity index (χ0v) is 7.26. The molecule has 9 heavy (non-hydrogen) atoms. The predicted molar refractivity (Wildman–Crippen MR) is 40.5 cm³/mol. The Labute approximate surface area is 59.4 Å². The molecular formula is C6H15NOSi. The van der Waals surface area contributed by atoms with Crippen molar-refractivity contribution in [2.45, 2.75) is 38.5 Å². The zero-order chi connectivity index (χ0) is 6.95. The van der Waals surface area contributed by atoms with Crippen molar-refractivity contribution in [3.8, 4) is 0 Å². The molecule has 1 saturated carbocycles. The van der Waals surface area contributed by atoms with Crippen LogP contribution in [-0.2, 0) is 0 Å². The highest BCUT2D eigenvalue weighted by atomic mass is 28.1. The number of nitrogens with zero attached hydrogens (tertiary/aromatic N) is 1. The van der Waals surface area contributed by atoms with Crippen molar-refractivity contribution >= 4 is 10.0 Å². The summed E-state index contributed by atoms with van der Waals surface area (Å²) < 4.78 is 0. The quantitative estimate of drug-likeness (QED) is 0.407. The second-order valence-corrected chi connectivity index (χ2v) is 2.55. The fourth-order valence-electron chi connectivity index (χ4n) is 1.06. The average Bonchev–Trinajstić information content (AvgIpc) is 1.93. The molecule has 0 amide bonds. The van der Waals surface area contributed by atoms with Crippen LogP contribution in [0.2, 0.25) is 0 Å². The zero-order valence-electron chi connectivity index (χ0n) is 5.84. The molecule has 0 bridgehead atoms. The van der Waals surface area contributed by atoms with E-state index in [1.807, 2.05) is 0 Å². The van der Waals surface area contributed by atoms with Crippen molar-refractivity contribution in [3.63, 3.8) is 0 Å². The largest absolute Gasteiger partial charge is 0.422 e. The lowest BCUT2D eigenvalue weighted by atomic mass is 10.0. The Bertz CT molecular complexity index is 52.6. The summed E-state index contributed by atoms with van der Waals surface area (Å²) in [6, 6.07) is 0. The molecule has 0 atom stereocenters. The molecule has 0 heterocycles. The third-order valence-electron chi connectivity index (χ3n) is 1.50. The van der Waals surface area contributed by atoms with Gasteiger partial charge >= 0.3 is 0 Å². The summed E-state index contributed by atoms with van der Waals surface area (Å²) in [6.07, 6.45) is 9.00. The van der Waals surface area contributed by atoms with E-state index in [9.17, 15) is 0 Å². The van der Waals surface area contributed by atoms with Crippen LogP contribution >= 0.6 is 0 Å². The summed E-state index contributed by atoms with van der Waals surface area (Å²) in [7, 11) is 1.15. The van der Waals surface area contributed by atoms with Crippen molar-refractivity contribution in [3.05, 3.63) is 0 Å². The van der Waals surface area contributed by atoms with E-state index in [0.29, 0.717) is 0 Å². The lowest BCUT2D eigenvalue weighted by molar-refractivity contribution is 0.326. The highest BCUT2D eigenvalue weighted by molar-refractivity contribution is 5.91. The first-order valence-corrected chi connectivity index (χ1v) is 4.15. The molecule has 2 nitrogen and oxygen atoms in total. The highest BCUT2D eigenvalue weighted by Gasteiger charge is 1.95. The maximum Gasteiger partial charge on any atom is 0.148 e. The average molecular weight is 145 g/mol. The van der Waals surface area contributed by atoms with Gasteiger partial charge in [-0.05, 0) is 0 Å². The standard InChI is InChI=1S/C6H12.H3NOSi/c1-2-4-6-5-3-1;2-1-3/h1-6H2;2H,3H2. The molecule has 0 aromatic heterocycles. The minimum absolute atomic E-state index is 1.15. The fraction of sp³-hybridized carbons (Fsp3) is 1.00. The smallest absolute Gasteiger partial charge is 0.148 e. The van der Waals surface area contributed by atoms with Gasteiger partial charge in [-0.2, -0.15) is 4.80 Å². The molecule has 0 aromatic carbocycles. The van der Waals surface area contributed by atoms with E-state index in [0.717, 1.165) is 10.0 Å². The molecule has 0 saturated heterocycles. The SMILES string of the molecule is C1CCCCC1.ON=[SiH2]. The predicted octanol–water partition coefficient (Wildman–Crippen LogP) is 1.53. The van der Waals surface area contributed by atoms with Crippen LogP contribution in [-0.4, -0.2) is 15.2 Å². The molecule has 0 radical (unpaired) electrons. The molecule has 1 fully saturated rings. The van der Waals surface area contributed by atoms with E-state index in [2.05, 4.69) is 4.80 Å². The Morgan fingerprint density at radius 2 is 1.00 bits per heavy atom. The molecule has 1 aliphatic rings. The molecule has 54 valence electrons. The molecule has 0 unspecified atom stereocenters. The molecule has 1 aliphatic carbocycles. The molecule has 3 heteroatoms. The van der Waals surface area contributed by atoms with Crippen LogP contribution < -0.4 is 0 Å². The van der Waals surface area contributed by atoms with E-state index in [4.69, 9.17) is 5.21 Å². The minimum atomic E-state index is 1.15. The van der Waals surface area contributed by atoms with Crippen LogP contribution in [0, 0.1) is 0 Å². The number of hydrogen-bond donors (Lipinski definition) is 1. The van der Waals surface area contributed by atoms with Crippen molar-refractivity contribution in [1.29, 1.82) is 0 Å². The summed E-state index contributed by atoms with van der Waals surface area (Å²) in [4.78, 5) is 2.53. The van der Waals surface area contributed by atoms with Crippen LogP contribution in [0.5, 0.6) is 0 Å². The van der Waals surface area contributed by atoms with Gasteiger partial charge in [0.1, 0.15) is 10.0 Å². The molecule has 0 aliphatic heterocycles. The topological polar surface area (TPSA) is 32.6 Å². The van der Waals surface area contributed by atoms with Crippen LogP contribution in [0.1, 0.15) is 38.5 Å². The van der Waals surface area contributed by atoms with Gasteiger partial charge in [0, 0.05) is 0 Å². The van der Waals surface area contributed by atoms with Gasteiger partial charge in [0.25, 0.3) is 0 Å². The monoisotopic (exact) mass is 145 g/mol. The highest BCUT2D eigenvalue weighted by Crippen LogP contribution is 2.15. The number of rotatable bonds is 0. The Kier molecular flexibility index (Phi) is 7.66. The Morgan fingerprint density at radius 3 is 1.11 bits per heavy atom. The van der Waals surface area contributed by atoms with Crippen LogP contribution in [0.25, 0.3) is 0 Å². The van der Waals surface area contributed by atoms with Gasteiger partial charge in [-0.3, -0.25) is 0 Å². The van der Waals surface area contributed by atoms with Crippen molar-refractivity contribution < 1.29 is 5.21 Å². The summed E-state index contributed by atoms with van der Waals surface area (Å²) in [6.45, 7) is 0. The normalized spacial score (nSPS) is 17.3. The summed E-state index contributed by atoms with van der Waals surface area (Å²) >= 11 is 0. The van der Waals surface area contributed by atoms with Crippen LogP contribution in [0.4, 0.5) is 0 Å². The van der Waals surface area contributed by atoms with Gasteiger partial charge < -0.3 is 5.21 Å². The Morgan fingerprint density at radius 1 is 0.889 bits per heavy atom. The fourth-order valence-corrected chi connectivity index (χ4v) is 1.06. The Hall–Kier alpha value is -0.183. The first kappa shape index (κ1) is 8.82. The minimum Gasteiger partial charge on any atom is -0.422 e. The second-order valence-electron chi connectivity index (χ2n) is 2.26. The lowest BCUT2D eigenvalue weighted by Crippen LogP contribution is -1.85. The van der Waals surface area contributed by atoms with Crippen molar-refractivity contribution in [2.75, 3.05) is 0 Å². The summed E-state index contributed by atoms with van der Waals surface area (Å²) in [5.41, 5.74) is 0. The third kappa shape index (κ3) is 7.82. The third-order valence-corrected chi connectivity index (χ3v) is 1.50. The van der Waals surface area contributed by atoms with E-state index < -0.39 is 0 Å². The maximum atomic E-state index is 7.21. The van der Waals surface area contributed by atoms with Crippen molar-refractivity contribution in [1.82, 2.24) is 0 Å².